The van der Waals surface area contributed by atoms with Crippen molar-refractivity contribution in [3.8, 4) is 0 Å². The summed E-state index contributed by atoms with van der Waals surface area (Å²) < 4.78 is 0. The predicted octanol–water partition coefficient (Wildman–Crippen LogP) is 1.59. The van der Waals surface area contributed by atoms with Gasteiger partial charge in [-0.3, -0.25) is 4.79 Å². The highest BCUT2D eigenvalue weighted by atomic mass is 28.3. The van der Waals surface area contributed by atoms with E-state index in [2.05, 4.69) is 26.1 Å². The summed E-state index contributed by atoms with van der Waals surface area (Å²) in [5.41, 5.74) is 5.71. The Hall–Kier alpha value is -1.41. The molecule has 15 heavy (non-hydrogen) atoms. The van der Waals surface area contributed by atoms with Gasteiger partial charge in [0.15, 0.2) is 0 Å². The molecule has 0 saturated carbocycles. The van der Waals surface area contributed by atoms with Crippen LogP contribution < -0.4 is 5.19 Å². The van der Waals surface area contributed by atoms with Crippen LogP contribution in [0.15, 0.2) is 42.8 Å². The minimum Gasteiger partial charge on any atom is -0.285 e. The zero-order chi connectivity index (χ0) is 11.3. The van der Waals surface area contributed by atoms with Crippen molar-refractivity contribution in [2.75, 3.05) is 0 Å². The van der Waals surface area contributed by atoms with Crippen LogP contribution in [0.4, 0.5) is 0 Å². The Kier molecular flexibility index (Phi) is 4.25. The van der Waals surface area contributed by atoms with E-state index in [0.717, 1.165) is 12.0 Å². The second-order valence-electron chi connectivity index (χ2n) is 3.33. The molecule has 1 rings (SSSR count). The van der Waals surface area contributed by atoms with E-state index in [0.29, 0.717) is 5.56 Å². The van der Waals surface area contributed by atoms with Crippen molar-refractivity contribution in [1.82, 2.24) is 0 Å². The molecule has 0 unspecified atom stereocenters. The minimum atomic E-state index is -1.30. The number of benzene rings is 1. The molecule has 0 aliphatic rings. The number of hydrogen-bond donors (Lipinski definition) is 0. The Morgan fingerprint density at radius 1 is 1.40 bits per heavy atom. The molecule has 0 aromatic heterocycles. The molecule has 1 radical (unpaired) electrons. The molecule has 0 bridgehead atoms. The van der Waals surface area contributed by atoms with Crippen LogP contribution in [0.1, 0.15) is 18.1 Å². The third kappa shape index (κ3) is 2.33. The van der Waals surface area contributed by atoms with Gasteiger partial charge >= 0.3 is 0 Å². The Morgan fingerprint density at radius 3 is 2.53 bits per heavy atom. The van der Waals surface area contributed by atoms with Crippen molar-refractivity contribution < 1.29 is 4.79 Å². The third-order valence-electron chi connectivity index (χ3n) is 2.54. The maximum absolute atomic E-state index is 10.8. The standard InChI is InChI=1S/C13H15OSi/c1-4-12-11(10-14)8-7-9-13(12)15(5-2)6-3/h5-9,15H,2-4H2,1H3. The van der Waals surface area contributed by atoms with E-state index < -0.39 is 8.80 Å². The molecule has 1 aromatic carbocycles. The molecule has 0 aliphatic carbocycles. The summed E-state index contributed by atoms with van der Waals surface area (Å²) >= 11 is 0. The van der Waals surface area contributed by atoms with Crippen LogP contribution in [-0.2, 0) is 11.2 Å². The zero-order valence-corrected chi connectivity index (χ0v) is 10.1. The Bertz CT molecular complexity index is 374. The minimum absolute atomic E-state index is 0.677. The monoisotopic (exact) mass is 215 g/mol. The molecule has 0 aliphatic heterocycles. The number of hydrogen-bond acceptors (Lipinski definition) is 1. The van der Waals surface area contributed by atoms with Gasteiger partial charge in [0, 0.05) is 5.56 Å². The van der Waals surface area contributed by atoms with Gasteiger partial charge in [0.25, 0.3) is 0 Å². The fourth-order valence-electron chi connectivity index (χ4n) is 1.76. The van der Waals surface area contributed by atoms with E-state index in [9.17, 15) is 4.79 Å². The van der Waals surface area contributed by atoms with Gasteiger partial charge in [0.2, 0.25) is 6.29 Å². The quantitative estimate of drug-likeness (QED) is 0.682. The molecule has 0 saturated heterocycles. The van der Waals surface area contributed by atoms with Gasteiger partial charge in [-0.2, -0.15) is 0 Å². The van der Waals surface area contributed by atoms with Crippen molar-refractivity contribution in [3.63, 3.8) is 0 Å². The van der Waals surface area contributed by atoms with Crippen molar-refractivity contribution >= 4 is 20.3 Å². The summed E-state index contributed by atoms with van der Waals surface area (Å²) in [7, 11) is -1.30. The first-order valence-electron chi connectivity index (χ1n) is 5.03. The summed E-state index contributed by atoms with van der Waals surface area (Å²) in [6.45, 7) is 9.72. The second kappa shape index (κ2) is 5.46. The summed E-state index contributed by atoms with van der Waals surface area (Å²) in [6, 6.07) is 5.79. The average Bonchev–Trinajstić information content (AvgIpc) is 2.30. The van der Waals surface area contributed by atoms with Crippen LogP contribution in [0.25, 0.3) is 0 Å². The van der Waals surface area contributed by atoms with Crippen molar-refractivity contribution in [2.24, 2.45) is 0 Å². The van der Waals surface area contributed by atoms with Crippen LogP contribution in [0.5, 0.6) is 0 Å². The second-order valence-corrected chi connectivity index (χ2v) is 5.94. The van der Waals surface area contributed by atoms with Gasteiger partial charge in [-0.05, 0) is 12.0 Å². The lowest BCUT2D eigenvalue weighted by Gasteiger charge is -2.13. The molecule has 1 nitrogen and oxygen atoms in total. The molecule has 0 spiro atoms. The van der Waals surface area contributed by atoms with Crippen LogP contribution in [0, 0.1) is 0 Å². The lowest BCUT2D eigenvalue weighted by molar-refractivity contribution is 0.562. The molecule has 0 amide bonds. The average molecular weight is 215 g/mol. The molecule has 0 N–H and O–H groups in total. The van der Waals surface area contributed by atoms with Gasteiger partial charge in [-0.15, -0.1) is 13.2 Å². The summed E-state index contributed by atoms with van der Waals surface area (Å²) in [5.74, 6) is 0. The Morgan fingerprint density at radius 2 is 2.07 bits per heavy atom. The lowest BCUT2D eigenvalue weighted by Crippen LogP contribution is -2.30. The molecule has 1 aromatic rings. The Balaban J connectivity index is 3.33. The van der Waals surface area contributed by atoms with E-state index in [1.807, 2.05) is 29.8 Å². The van der Waals surface area contributed by atoms with Gasteiger partial charge in [0.05, 0.1) is 0 Å². The van der Waals surface area contributed by atoms with Crippen molar-refractivity contribution in [1.29, 1.82) is 0 Å². The maximum Gasteiger partial charge on any atom is 0.233 e. The van der Waals surface area contributed by atoms with Crippen LogP contribution in [0.2, 0.25) is 0 Å². The SMILES string of the molecule is C=C[SiH](C=C)c1cccc([C]=O)c1CC. The predicted molar refractivity (Wildman–Crippen MR) is 67.8 cm³/mol. The lowest BCUT2D eigenvalue weighted by atomic mass is 10.1. The van der Waals surface area contributed by atoms with Gasteiger partial charge < -0.3 is 0 Å². The van der Waals surface area contributed by atoms with Gasteiger partial charge in [0.1, 0.15) is 8.80 Å². The molecule has 2 heteroatoms. The topological polar surface area (TPSA) is 17.1 Å². The summed E-state index contributed by atoms with van der Waals surface area (Å²) in [6.07, 6.45) is 2.85. The Labute approximate surface area is 92.7 Å². The highest BCUT2D eigenvalue weighted by Crippen LogP contribution is 2.07. The number of carbonyl (C=O) groups excluding carboxylic acids is 1. The zero-order valence-electron chi connectivity index (χ0n) is 8.99. The highest BCUT2D eigenvalue weighted by molar-refractivity contribution is 6.82. The molecule has 0 fully saturated rings. The van der Waals surface area contributed by atoms with Gasteiger partial charge in [-0.25, -0.2) is 0 Å². The maximum atomic E-state index is 10.8. The molecule has 77 valence electrons. The van der Waals surface area contributed by atoms with E-state index in [1.165, 1.54) is 5.19 Å². The first-order valence-corrected chi connectivity index (χ1v) is 6.94. The fourth-order valence-corrected chi connectivity index (χ4v) is 3.55. The first-order chi connectivity index (χ1) is 7.28. The summed E-state index contributed by atoms with van der Waals surface area (Å²) in [5, 5.41) is 1.24. The number of rotatable bonds is 5. The normalized spacial score (nSPS) is 10.0. The van der Waals surface area contributed by atoms with E-state index in [4.69, 9.17) is 0 Å². The molecular weight excluding hydrogens is 200 g/mol. The van der Waals surface area contributed by atoms with Crippen LogP contribution in [0.3, 0.4) is 0 Å². The third-order valence-corrected chi connectivity index (χ3v) is 4.82. The smallest absolute Gasteiger partial charge is 0.233 e. The molecule has 0 atom stereocenters. The van der Waals surface area contributed by atoms with E-state index in [1.54, 1.807) is 0 Å². The van der Waals surface area contributed by atoms with Crippen LogP contribution in [-0.4, -0.2) is 15.1 Å². The van der Waals surface area contributed by atoms with Gasteiger partial charge in [-0.1, -0.05) is 41.7 Å². The first kappa shape index (κ1) is 11.7. The highest BCUT2D eigenvalue weighted by Gasteiger charge is 2.12. The van der Waals surface area contributed by atoms with E-state index >= 15 is 0 Å². The van der Waals surface area contributed by atoms with E-state index in [-0.39, 0.29) is 0 Å². The van der Waals surface area contributed by atoms with Crippen molar-refractivity contribution in [2.45, 2.75) is 13.3 Å². The van der Waals surface area contributed by atoms with Crippen LogP contribution >= 0.6 is 0 Å². The summed E-state index contributed by atoms with van der Waals surface area (Å²) in [4.78, 5) is 10.8. The fraction of sp³-hybridized carbons (Fsp3) is 0.154. The van der Waals surface area contributed by atoms with Crippen molar-refractivity contribution in [3.05, 3.63) is 53.9 Å². The molecular formula is C13H15OSi. The molecule has 0 heterocycles. The largest absolute Gasteiger partial charge is 0.285 e.